The Balaban J connectivity index is 1.50. The molecule has 4 rings (SSSR count). The van der Waals surface area contributed by atoms with Gasteiger partial charge in [0.15, 0.2) is 5.65 Å². The lowest BCUT2D eigenvalue weighted by molar-refractivity contribution is 0.0742. The molecule has 7 nitrogen and oxygen atoms in total. The average molecular weight is 314 g/mol. The first-order chi connectivity index (χ1) is 11.2. The first kappa shape index (κ1) is 14.6. The Morgan fingerprint density at radius 2 is 2.09 bits per heavy atom. The zero-order valence-corrected chi connectivity index (χ0v) is 13.4. The van der Waals surface area contributed by atoms with Crippen LogP contribution < -0.4 is 0 Å². The zero-order valence-electron chi connectivity index (χ0n) is 13.4. The Kier molecular flexibility index (Phi) is 3.72. The lowest BCUT2D eigenvalue weighted by Gasteiger charge is -2.37. The fraction of sp³-hybridized carbons (Fsp3) is 0.625. The molecule has 1 unspecified atom stereocenters. The highest BCUT2D eigenvalue weighted by atomic mass is 16.2. The summed E-state index contributed by atoms with van der Waals surface area (Å²) in [6.07, 6.45) is 5.70. The van der Waals surface area contributed by atoms with Gasteiger partial charge in [0.25, 0.3) is 5.91 Å². The van der Waals surface area contributed by atoms with Gasteiger partial charge in [-0.3, -0.25) is 9.69 Å². The van der Waals surface area contributed by atoms with Crippen molar-refractivity contribution in [2.75, 3.05) is 26.2 Å². The van der Waals surface area contributed by atoms with Gasteiger partial charge in [-0.1, -0.05) is 13.3 Å². The molecule has 2 aromatic rings. The van der Waals surface area contributed by atoms with Crippen LogP contribution in [0.15, 0.2) is 18.3 Å². The van der Waals surface area contributed by atoms with Crippen molar-refractivity contribution >= 4 is 11.6 Å². The number of pyridine rings is 1. The molecule has 0 aromatic carbocycles. The fourth-order valence-corrected chi connectivity index (χ4v) is 3.58. The van der Waals surface area contributed by atoms with Crippen LogP contribution in [0.4, 0.5) is 0 Å². The summed E-state index contributed by atoms with van der Waals surface area (Å²) in [5.41, 5.74) is 1.30. The van der Waals surface area contributed by atoms with Crippen molar-refractivity contribution in [2.24, 2.45) is 5.92 Å². The van der Waals surface area contributed by atoms with Crippen molar-refractivity contribution in [3.05, 3.63) is 23.9 Å². The largest absolute Gasteiger partial charge is 0.337 e. The van der Waals surface area contributed by atoms with Crippen molar-refractivity contribution in [1.82, 2.24) is 29.8 Å². The second kappa shape index (κ2) is 5.88. The van der Waals surface area contributed by atoms with Crippen molar-refractivity contribution in [2.45, 2.75) is 32.2 Å². The molecule has 23 heavy (non-hydrogen) atoms. The molecule has 1 aliphatic carbocycles. The summed E-state index contributed by atoms with van der Waals surface area (Å²) in [7, 11) is 0. The molecule has 0 spiro atoms. The van der Waals surface area contributed by atoms with E-state index in [9.17, 15) is 4.79 Å². The van der Waals surface area contributed by atoms with E-state index in [-0.39, 0.29) is 5.91 Å². The highest BCUT2D eigenvalue weighted by Gasteiger charge is 2.30. The van der Waals surface area contributed by atoms with Crippen molar-refractivity contribution in [1.29, 1.82) is 0 Å². The molecule has 0 N–H and O–H groups in total. The van der Waals surface area contributed by atoms with Gasteiger partial charge >= 0.3 is 0 Å². The summed E-state index contributed by atoms with van der Waals surface area (Å²) in [5.74, 6) is 0.573. The molecule has 0 radical (unpaired) electrons. The third-order valence-electron chi connectivity index (χ3n) is 5.05. The molecule has 2 aromatic heterocycles. The Bertz CT molecular complexity index is 709. The number of hydrogen-bond acceptors (Lipinski definition) is 5. The van der Waals surface area contributed by atoms with Gasteiger partial charge in [-0.05, 0) is 41.3 Å². The zero-order chi connectivity index (χ0) is 15.8. The number of hydrogen-bond donors (Lipinski definition) is 0. The molecule has 0 bridgehead atoms. The molecular weight excluding hydrogens is 292 g/mol. The molecule has 1 atom stereocenters. The van der Waals surface area contributed by atoms with E-state index in [4.69, 9.17) is 0 Å². The van der Waals surface area contributed by atoms with Gasteiger partial charge < -0.3 is 4.90 Å². The van der Waals surface area contributed by atoms with Gasteiger partial charge in [-0.2, -0.15) is 4.52 Å². The number of rotatable bonds is 2. The van der Waals surface area contributed by atoms with Crippen LogP contribution >= 0.6 is 0 Å². The highest BCUT2D eigenvalue weighted by molar-refractivity contribution is 5.94. The van der Waals surface area contributed by atoms with E-state index in [1.165, 1.54) is 19.3 Å². The first-order valence-corrected chi connectivity index (χ1v) is 8.42. The van der Waals surface area contributed by atoms with Crippen LogP contribution in [-0.4, -0.2) is 68.0 Å². The third-order valence-corrected chi connectivity index (χ3v) is 5.05. The fourth-order valence-electron chi connectivity index (χ4n) is 3.58. The molecule has 1 saturated carbocycles. The maximum atomic E-state index is 12.8. The second-order valence-electron chi connectivity index (χ2n) is 6.84. The molecule has 7 heteroatoms. The minimum atomic E-state index is 0.0738. The molecule has 122 valence electrons. The predicted molar refractivity (Wildman–Crippen MR) is 85.1 cm³/mol. The predicted octanol–water partition coefficient (Wildman–Crippen LogP) is 1.07. The van der Waals surface area contributed by atoms with Gasteiger partial charge in [0, 0.05) is 38.4 Å². The number of carbonyl (C=O) groups excluding carboxylic acids is 1. The van der Waals surface area contributed by atoms with Crippen LogP contribution in [0.1, 0.15) is 36.5 Å². The lowest BCUT2D eigenvalue weighted by atomic mass is 9.91. The Labute approximate surface area is 135 Å². The standard InChI is InChI=1S/C16H22N6O/c1-12-9-20(14-3-2-4-14)7-8-21(10-12)16(23)13-5-6-15-17-18-19-22(15)11-13/h5-6,11-12,14H,2-4,7-10H2,1H3. The minimum absolute atomic E-state index is 0.0738. The van der Waals surface area contributed by atoms with E-state index in [1.807, 2.05) is 11.0 Å². The number of carbonyl (C=O) groups is 1. The monoisotopic (exact) mass is 314 g/mol. The first-order valence-electron chi connectivity index (χ1n) is 8.42. The third kappa shape index (κ3) is 2.81. The molecule has 1 amide bonds. The van der Waals surface area contributed by atoms with Crippen LogP contribution in [0.5, 0.6) is 0 Å². The van der Waals surface area contributed by atoms with E-state index in [0.29, 0.717) is 17.1 Å². The number of fused-ring (bicyclic) bond motifs is 1. The van der Waals surface area contributed by atoms with Gasteiger partial charge in [-0.15, -0.1) is 5.10 Å². The van der Waals surface area contributed by atoms with E-state index < -0.39 is 0 Å². The molecule has 3 heterocycles. The van der Waals surface area contributed by atoms with Crippen LogP contribution in [0.3, 0.4) is 0 Å². The summed E-state index contributed by atoms with van der Waals surface area (Å²) >= 11 is 0. The Morgan fingerprint density at radius 3 is 2.87 bits per heavy atom. The summed E-state index contributed by atoms with van der Waals surface area (Å²) < 4.78 is 1.55. The summed E-state index contributed by atoms with van der Waals surface area (Å²) in [5, 5.41) is 11.4. The Hall–Kier alpha value is -2.02. The molecule has 1 aliphatic heterocycles. The summed E-state index contributed by atoms with van der Waals surface area (Å²) in [4.78, 5) is 17.4. The van der Waals surface area contributed by atoms with E-state index in [1.54, 1.807) is 16.8 Å². The van der Waals surface area contributed by atoms with Crippen molar-refractivity contribution < 1.29 is 4.79 Å². The maximum absolute atomic E-state index is 12.8. The van der Waals surface area contributed by atoms with Crippen LogP contribution in [-0.2, 0) is 0 Å². The molecule has 2 aliphatic rings. The van der Waals surface area contributed by atoms with E-state index in [0.717, 1.165) is 32.2 Å². The molecule has 1 saturated heterocycles. The lowest BCUT2D eigenvalue weighted by Crippen LogP contribution is -2.43. The van der Waals surface area contributed by atoms with Crippen LogP contribution in [0, 0.1) is 5.92 Å². The number of tetrazole rings is 1. The van der Waals surface area contributed by atoms with Crippen LogP contribution in [0.25, 0.3) is 5.65 Å². The van der Waals surface area contributed by atoms with Gasteiger partial charge in [0.2, 0.25) is 0 Å². The summed E-state index contributed by atoms with van der Waals surface area (Å²) in [6, 6.07) is 4.34. The minimum Gasteiger partial charge on any atom is -0.337 e. The maximum Gasteiger partial charge on any atom is 0.255 e. The number of aromatic nitrogens is 4. The van der Waals surface area contributed by atoms with Gasteiger partial charge in [-0.25, -0.2) is 0 Å². The SMILES string of the molecule is CC1CN(C(=O)c2ccc3nnnn3c2)CCN(C2CCC2)C1. The Morgan fingerprint density at radius 1 is 1.22 bits per heavy atom. The normalized spacial score (nSPS) is 23.7. The van der Waals surface area contributed by atoms with Crippen LogP contribution in [0.2, 0.25) is 0 Å². The number of nitrogens with zero attached hydrogens (tertiary/aromatic N) is 6. The van der Waals surface area contributed by atoms with Gasteiger partial charge in [0.1, 0.15) is 0 Å². The topological polar surface area (TPSA) is 66.6 Å². The van der Waals surface area contributed by atoms with E-state index >= 15 is 0 Å². The number of amides is 1. The second-order valence-corrected chi connectivity index (χ2v) is 6.84. The van der Waals surface area contributed by atoms with E-state index in [2.05, 4.69) is 27.3 Å². The smallest absolute Gasteiger partial charge is 0.255 e. The van der Waals surface area contributed by atoms with Gasteiger partial charge in [0.05, 0.1) is 5.56 Å². The summed E-state index contributed by atoms with van der Waals surface area (Å²) in [6.45, 7) is 5.93. The van der Waals surface area contributed by atoms with Crippen molar-refractivity contribution in [3.63, 3.8) is 0 Å². The molecule has 2 fully saturated rings. The quantitative estimate of drug-likeness (QED) is 0.829. The highest BCUT2D eigenvalue weighted by Crippen LogP contribution is 2.26. The molecular formula is C16H22N6O. The van der Waals surface area contributed by atoms with Crippen molar-refractivity contribution in [3.8, 4) is 0 Å². The average Bonchev–Trinajstić information content (AvgIpc) is 2.87.